The van der Waals surface area contributed by atoms with Crippen LogP contribution in [0.1, 0.15) is 24.6 Å². The average Bonchev–Trinajstić information content (AvgIpc) is 3.29. The molecule has 0 bridgehead atoms. The highest BCUT2D eigenvalue weighted by atomic mass is 35.5. The Bertz CT molecular complexity index is 1250. The van der Waals surface area contributed by atoms with Crippen molar-refractivity contribution in [2.45, 2.75) is 18.8 Å². The number of halogens is 1. The van der Waals surface area contributed by atoms with Crippen LogP contribution in [0, 0.1) is 0 Å². The Morgan fingerprint density at radius 3 is 2.46 bits per heavy atom. The number of hydrogen-bond acceptors (Lipinski definition) is 4. The van der Waals surface area contributed by atoms with Gasteiger partial charge in [-0.05, 0) is 61.4 Å². The van der Waals surface area contributed by atoms with E-state index in [0.717, 1.165) is 65.6 Å². The summed E-state index contributed by atoms with van der Waals surface area (Å²) in [5, 5.41) is 3.79. The lowest BCUT2D eigenvalue weighted by Gasteiger charge is -2.29. The minimum atomic E-state index is 0.264. The molecule has 2 aromatic heterocycles. The molecule has 4 aromatic rings. The van der Waals surface area contributed by atoms with Crippen LogP contribution in [0.2, 0.25) is 5.02 Å². The van der Waals surface area contributed by atoms with Crippen molar-refractivity contribution in [3.05, 3.63) is 83.8 Å². The van der Waals surface area contributed by atoms with Crippen LogP contribution < -0.4 is 10.2 Å². The highest BCUT2D eigenvalue weighted by molar-refractivity contribution is 6.30. The Kier molecular flexibility index (Phi) is 7.93. The van der Waals surface area contributed by atoms with Crippen molar-refractivity contribution in [1.82, 2.24) is 14.3 Å². The average molecular weight is 490 g/mol. The van der Waals surface area contributed by atoms with Gasteiger partial charge in [-0.3, -0.25) is 4.79 Å². The molecule has 0 radical (unpaired) electrons. The molecule has 1 aliphatic rings. The summed E-state index contributed by atoms with van der Waals surface area (Å²) in [5.41, 5.74) is 5.47. The number of benzene rings is 2. The number of rotatable bonds is 5. The van der Waals surface area contributed by atoms with E-state index in [1.807, 2.05) is 62.4 Å². The van der Waals surface area contributed by atoms with E-state index >= 15 is 0 Å². The molecular formula is C28H32ClN5O. The molecule has 5 rings (SSSR count). The Labute approximate surface area is 212 Å². The fourth-order valence-corrected chi connectivity index (χ4v) is 4.53. The molecule has 1 fully saturated rings. The van der Waals surface area contributed by atoms with Gasteiger partial charge in [-0.1, -0.05) is 29.8 Å². The number of fused-ring (bicyclic) bond motifs is 1. The second-order valence-electron chi connectivity index (χ2n) is 8.91. The lowest BCUT2D eigenvalue weighted by atomic mass is 9.97. The first-order chi connectivity index (χ1) is 17.0. The van der Waals surface area contributed by atoms with Crippen LogP contribution in [0.5, 0.6) is 0 Å². The first-order valence-electron chi connectivity index (χ1n) is 11.9. The maximum atomic E-state index is 11.1. The molecule has 1 unspecified atom stereocenters. The fraction of sp³-hybridized carbons (Fsp3) is 0.286. The minimum Gasteiger partial charge on any atom is -0.388 e. The fourth-order valence-electron chi connectivity index (χ4n) is 4.41. The van der Waals surface area contributed by atoms with E-state index in [1.54, 1.807) is 0 Å². The van der Waals surface area contributed by atoms with Crippen LogP contribution in [0.15, 0.2) is 72.9 Å². The van der Waals surface area contributed by atoms with Gasteiger partial charge in [-0.2, -0.15) is 0 Å². The summed E-state index contributed by atoms with van der Waals surface area (Å²) in [7, 11) is 5.99. The van der Waals surface area contributed by atoms with Gasteiger partial charge < -0.3 is 19.5 Å². The number of imidazole rings is 1. The highest BCUT2D eigenvalue weighted by Crippen LogP contribution is 2.32. The van der Waals surface area contributed by atoms with Crippen molar-refractivity contribution in [3.63, 3.8) is 0 Å². The Morgan fingerprint density at radius 1 is 1.06 bits per heavy atom. The number of nitrogens with one attached hydrogen (secondary N) is 1. The smallest absolute Gasteiger partial charge is 0.209 e. The van der Waals surface area contributed by atoms with Crippen LogP contribution >= 0.6 is 11.6 Å². The van der Waals surface area contributed by atoms with Crippen LogP contribution in [-0.4, -0.2) is 54.9 Å². The first-order valence-corrected chi connectivity index (χ1v) is 12.3. The largest absolute Gasteiger partial charge is 0.388 e. The number of aromatic nitrogens is 2. The molecule has 2 aromatic carbocycles. The van der Waals surface area contributed by atoms with Gasteiger partial charge in [0.15, 0.2) is 0 Å². The topological polar surface area (TPSA) is 52.9 Å². The molecule has 6 nitrogen and oxygen atoms in total. The Balaban J connectivity index is 0.000000221. The van der Waals surface area contributed by atoms with Gasteiger partial charge in [0, 0.05) is 68.3 Å². The van der Waals surface area contributed by atoms with E-state index in [1.165, 1.54) is 5.69 Å². The second-order valence-corrected chi connectivity index (χ2v) is 9.35. The third-order valence-electron chi connectivity index (χ3n) is 6.33. The molecule has 35 heavy (non-hydrogen) atoms. The molecule has 1 amide bonds. The maximum Gasteiger partial charge on any atom is 0.209 e. The summed E-state index contributed by atoms with van der Waals surface area (Å²) >= 11 is 6.01. The number of anilines is 2. The normalized spacial score (nSPS) is 15.3. The van der Waals surface area contributed by atoms with Gasteiger partial charge in [-0.15, -0.1) is 0 Å². The van der Waals surface area contributed by atoms with Gasteiger partial charge in [0.25, 0.3) is 0 Å². The zero-order valence-corrected chi connectivity index (χ0v) is 21.2. The van der Waals surface area contributed by atoms with Crippen molar-refractivity contribution in [3.8, 4) is 11.3 Å². The molecule has 182 valence electrons. The molecule has 3 heterocycles. The van der Waals surface area contributed by atoms with Gasteiger partial charge in [0.05, 0.1) is 11.2 Å². The number of nitrogens with zero attached hydrogens (tertiary/aromatic N) is 4. The van der Waals surface area contributed by atoms with Gasteiger partial charge in [0.1, 0.15) is 5.82 Å². The molecular weight excluding hydrogens is 458 g/mol. The number of carbonyl (C=O) groups excluding carboxylic acids is 1. The van der Waals surface area contributed by atoms with E-state index in [4.69, 9.17) is 16.6 Å². The van der Waals surface area contributed by atoms with E-state index in [2.05, 4.69) is 51.1 Å². The van der Waals surface area contributed by atoms with E-state index in [-0.39, 0.29) is 5.92 Å². The standard InChI is InChI=1S/C19H18ClN3O.C9H14N2/c20-16-8-6-14(7-9-16)18-17-5-1-2-11-23(17)19(21-18)15-4-3-10-22(12-15)13-24;1-10-8-4-6-9(7-5-8)11(2)3/h1-2,5-9,11,13,15H,3-4,10,12H2;4-7,10H,1-3H3. The molecule has 1 aliphatic heterocycles. The molecule has 7 heteroatoms. The number of hydrogen-bond donors (Lipinski definition) is 1. The summed E-state index contributed by atoms with van der Waals surface area (Å²) in [6, 6.07) is 22.2. The zero-order valence-electron chi connectivity index (χ0n) is 20.5. The number of carbonyl (C=O) groups is 1. The lowest BCUT2D eigenvalue weighted by molar-refractivity contribution is -0.119. The van der Waals surface area contributed by atoms with Gasteiger partial charge in [-0.25, -0.2) is 4.98 Å². The number of pyridine rings is 1. The van der Waals surface area contributed by atoms with E-state index in [9.17, 15) is 4.79 Å². The third kappa shape index (κ3) is 5.77. The van der Waals surface area contributed by atoms with E-state index < -0.39 is 0 Å². The summed E-state index contributed by atoms with van der Waals surface area (Å²) in [4.78, 5) is 20.0. The quantitative estimate of drug-likeness (QED) is 0.361. The van der Waals surface area contributed by atoms with Gasteiger partial charge in [0.2, 0.25) is 6.41 Å². The predicted octanol–water partition coefficient (Wildman–Crippen LogP) is 5.78. The molecule has 0 saturated carbocycles. The molecule has 1 saturated heterocycles. The molecule has 0 spiro atoms. The Morgan fingerprint density at radius 2 is 1.80 bits per heavy atom. The maximum absolute atomic E-state index is 11.1. The minimum absolute atomic E-state index is 0.264. The summed E-state index contributed by atoms with van der Waals surface area (Å²) < 4.78 is 2.16. The summed E-state index contributed by atoms with van der Waals surface area (Å²) in [6.45, 7) is 1.57. The monoisotopic (exact) mass is 489 g/mol. The Hall–Kier alpha value is -3.51. The lowest BCUT2D eigenvalue weighted by Crippen LogP contribution is -2.33. The number of likely N-dealkylation sites (tertiary alicyclic amines) is 1. The van der Waals surface area contributed by atoms with Crippen LogP contribution in [-0.2, 0) is 4.79 Å². The van der Waals surface area contributed by atoms with Crippen LogP contribution in [0.4, 0.5) is 11.4 Å². The summed E-state index contributed by atoms with van der Waals surface area (Å²) in [6.07, 6.45) is 5.07. The van der Waals surface area contributed by atoms with Crippen LogP contribution in [0.3, 0.4) is 0 Å². The number of piperidine rings is 1. The predicted molar refractivity (Wildman–Crippen MR) is 146 cm³/mol. The van der Waals surface area contributed by atoms with Crippen molar-refractivity contribution in [2.75, 3.05) is 44.4 Å². The molecule has 1 N–H and O–H groups in total. The second kappa shape index (κ2) is 11.3. The molecule has 1 atom stereocenters. The van der Waals surface area contributed by atoms with Crippen molar-refractivity contribution in [1.29, 1.82) is 0 Å². The third-order valence-corrected chi connectivity index (χ3v) is 6.58. The highest BCUT2D eigenvalue weighted by Gasteiger charge is 2.25. The molecule has 0 aliphatic carbocycles. The van der Waals surface area contributed by atoms with E-state index in [0.29, 0.717) is 0 Å². The van der Waals surface area contributed by atoms with Crippen molar-refractivity contribution < 1.29 is 4.79 Å². The van der Waals surface area contributed by atoms with Crippen molar-refractivity contribution >= 4 is 34.9 Å². The number of amides is 1. The van der Waals surface area contributed by atoms with Crippen molar-refractivity contribution in [2.24, 2.45) is 0 Å². The van der Waals surface area contributed by atoms with Crippen LogP contribution in [0.25, 0.3) is 16.8 Å². The van der Waals surface area contributed by atoms with Gasteiger partial charge >= 0.3 is 0 Å². The SMILES string of the molecule is CNc1ccc(N(C)C)cc1.O=CN1CCCC(c2nc(-c3ccc(Cl)cc3)c3ccccn23)C1. The first kappa shape index (κ1) is 24.6. The summed E-state index contributed by atoms with van der Waals surface area (Å²) in [5.74, 6) is 1.29. The zero-order chi connectivity index (χ0) is 24.8.